The number of hydrogen-bond acceptors (Lipinski definition) is 5. The van der Waals surface area contributed by atoms with Crippen LogP contribution in [-0.4, -0.2) is 20.9 Å². The molecule has 1 aromatic carbocycles. The molecule has 0 N–H and O–H groups in total. The van der Waals surface area contributed by atoms with Crippen molar-refractivity contribution in [2.45, 2.75) is 19.4 Å². The summed E-state index contributed by atoms with van der Waals surface area (Å²) in [7, 11) is 0. The van der Waals surface area contributed by atoms with E-state index >= 15 is 0 Å². The van der Waals surface area contributed by atoms with E-state index in [2.05, 4.69) is 11.9 Å². The molecule has 8 heteroatoms. The van der Waals surface area contributed by atoms with Crippen LogP contribution in [0.25, 0.3) is 4.96 Å². The largest absolute Gasteiger partial charge is 0.373 e. The number of fused-ring (bicyclic) bond motifs is 1. The van der Waals surface area contributed by atoms with Crippen LogP contribution in [0.15, 0.2) is 35.8 Å². The van der Waals surface area contributed by atoms with Gasteiger partial charge in [-0.25, -0.2) is 4.39 Å². The molecule has 2 unspecified atom stereocenters. The lowest BCUT2D eigenvalue weighted by molar-refractivity contribution is -0.389. The zero-order chi connectivity index (χ0) is 16.8. The monoisotopic (exact) mass is 346 g/mol. The molecule has 3 heterocycles. The Morgan fingerprint density at radius 2 is 2.29 bits per heavy atom. The second-order valence-electron chi connectivity index (χ2n) is 6.03. The first-order chi connectivity index (χ1) is 11.6. The summed E-state index contributed by atoms with van der Waals surface area (Å²) in [5.41, 5.74) is 0.825. The van der Waals surface area contributed by atoms with Crippen molar-refractivity contribution in [2.24, 2.45) is 5.92 Å². The zero-order valence-corrected chi connectivity index (χ0v) is 13.7. The molecule has 4 rings (SSSR count). The third-order valence-electron chi connectivity index (χ3n) is 4.55. The van der Waals surface area contributed by atoms with Crippen molar-refractivity contribution in [1.29, 1.82) is 0 Å². The standard InChI is InChI=1S/C16H15FN4O2S/c1-10-5-6-19(13(10)11-3-2-4-12(17)9-11)14-15(21(22)23)20-7-8-24-16(20)18-14/h2-4,7-10,13H,5-6H2,1H3. The smallest absolute Gasteiger partial charge is 0.358 e. The van der Waals surface area contributed by atoms with E-state index in [0.717, 1.165) is 12.0 Å². The molecule has 0 bridgehead atoms. The van der Waals surface area contributed by atoms with Crippen LogP contribution < -0.4 is 4.90 Å². The summed E-state index contributed by atoms with van der Waals surface area (Å²) < 4.78 is 15.2. The summed E-state index contributed by atoms with van der Waals surface area (Å²) in [6.45, 7) is 2.74. The van der Waals surface area contributed by atoms with E-state index in [1.54, 1.807) is 17.6 Å². The molecule has 1 fully saturated rings. The fourth-order valence-corrected chi connectivity index (χ4v) is 4.21. The van der Waals surface area contributed by atoms with Gasteiger partial charge in [-0.2, -0.15) is 9.38 Å². The van der Waals surface area contributed by atoms with E-state index in [9.17, 15) is 14.5 Å². The van der Waals surface area contributed by atoms with Crippen molar-refractivity contribution >= 4 is 27.9 Å². The number of nitro groups is 1. The highest BCUT2D eigenvalue weighted by molar-refractivity contribution is 7.15. The molecule has 0 spiro atoms. The molecule has 6 nitrogen and oxygen atoms in total. The van der Waals surface area contributed by atoms with E-state index in [4.69, 9.17) is 0 Å². The minimum absolute atomic E-state index is 0.0262. The van der Waals surface area contributed by atoms with Crippen molar-refractivity contribution in [3.8, 4) is 0 Å². The molecule has 2 atom stereocenters. The van der Waals surface area contributed by atoms with Gasteiger partial charge in [-0.3, -0.25) is 0 Å². The maximum absolute atomic E-state index is 13.7. The van der Waals surface area contributed by atoms with Gasteiger partial charge in [-0.05, 0) is 35.0 Å². The highest BCUT2D eigenvalue weighted by atomic mass is 32.1. The molecule has 0 radical (unpaired) electrons. The zero-order valence-electron chi connectivity index (χ0n) is 12.9. The lowest BCUT2D eigenvalue weighted by atomic mass is 9.95. The SMILES string of the molecule is CC1CCN(c2nc3sccn3c2[N+](=O)[O-])C1c1cccc(F)c1. The number of anilines is 1. The number of thiazole rings is 1. The molecular weight excluding hydrogens is 331 g/mol. The summed E-state index contributed by atoms with van der Waals surface area (Å²) in [5, 5.41) is 13.4. The summed E-state index contributed by atoms with van der Waals surface area (Å²) in [5.74, 6) is 0.297. The molecule has 0 amide bonds. The van der Waals surface area contributed by atoms with Crippen molar-refractivity contribution in [1.82, 2.24) is 9.38 Å². The van der Waals surface area contributed by atoms with Crippen molar-refractivity contribution in [3.05, 3.63) is 57.3 Å². The molecule has 0 aliphatic carbocycles. The third kappa shape index (κ3) is 2.25. The van der Waals surface area contributed by atoms with Gasteiger partial charge in [-0.15, -0.1) is 0 Å². The average molecular weight is 346 g/mol. The van der Waals surface area contributed by atoms with E-state index < -0.39 is 4.92 Å². The van der Waals surface area contributed by atoms with Gasteiger partial charge in [0.1, 0.15) is 12.0 Å². The molecule has 3 aromatic rings. The quantitative estimate of drug-likeness (QED) is 0.530. The summed E-state index contributed by atoms with van der Waals surface area (Å²) in [6.07, 6.45) is 2.54. The molecule has 1 aliphatic rings. The highest BCUT2D eigenvalue weighted by Gasteiger charge is 2.39. The Labute approximate surface area is 141 Å². The van der Waals surface area contributed by atoms with Crippen LogP contribution in [0.1, 0.15) is 24.9 Å². The van der Waals surface area contributed by atoms with Gasteiger partial charge >= 0.3 is 5.82 Å². The van der Waals surface area contributed by atoms with Crippen LogP contribution in [0.4, 0.5) is 16.0 Å². The lowest BCUT2D eigenvalue weighted by Gasteiger charge is -2.27. The summed E-state index contributed by atoms with van der Waals surface area (Å²) in [4.78, 5) is 18.2. The Balaban J connectivity index is 1.84. The number of rotatable bonds is 3. The fourth-order valence-electron chi connectivity index (χ4n) is 3.51. The first kappa shape index (κ1) is 15.1. The Morgan fingerprint density at radius 3 is 3.04 bits per heavy atom. The molecule has 24 heavy (non-hydrogen) atoms. The van der Waals surface area contributed by atoms with E-state index in [1.807, 2.05) is 11.0 Å². The maximum Gasteiger partial charge on any atom is 0.373 e. The van der Waals surface area contributed by atoms with Gasteiger partial charge < -0.3 is 15.0 Å². The minimum atomic E-state index is -0.395. The number of aromatic nitrogens is 2. The summed E-state index contributed by atoms with van der Waals surface area (Å²) >= 11 is 1.36. The Morgan fingerprint density at radius 1 is 1.46 bits per heavy atom. The first-order valence-electron chi connectivity index (χ1n) is 7.68. The third-order valence-corrected chi connectivity index (χ3v) is 5.31. The normalized spacial score (nSPS) is 20.8. The Hall–Kier alpha value is -2.48. The molecule has 1 aliphatic heterocycles. The van der Waals surface area contributed by atoms with Crippen molar-refractivity contribution in [2.75, 3.05) is 11.4 Å². The second kappa shape index (κ2) is 5.55. The highest BCUT2D eigenvalue weighted by Crippen LogP contribution is 2.43. The van der Waals surface area contributed by atoms with Gasteiger partial charge in [0.15, 0.2) is 0 Å². The Kier molecular flexibility index (Phi) is 3.49. The van der Waals surface area contributed by atoms with Crippen LogP contribution in [-0.2, 0) is 0 Å². The van der Waals surface area contributed by atoms with E-state index in [0.29, 0.717) is 17.3 Å². The van der Waals surface area contributed by atoms with Gasteiger partial charge in [-0.1, -0.05) is 30.4 Å². The molecule has 2 aromatic heterocycles. The molecule has 124 valence electrons. The van der Waals surface area contributed by atoms with E-state index in [1.165, 1.54) is 27.9 Å². The van der Waals surface area contributed by atoms with Crippen molar-refractivity contribution < 1.29 is 9.31 Å². The first-order valence-corrected chi connectivity index (χ1v) is 8.56. The van der Waals surface area contributed by atoms with Crippen LogP contribution in [0.3, 0.4) is 0 Å². The topological polar surface area (TPSA) is 63.7 Å². The second-order valence-corrected chi connectivity index (χ2v) is 6.90. The van der Waals surface area contributed by atoms with Crippen LogP contribution in [0.2, 0.25) is 0 Å². The average Bonchev–Trinajstić information content (AvgIpc) is 3.19. The van der Waals surface area contributed by atoms with Gasteiger partial charge in [0.05, 0.1) is 6.04 Å². The van der Waals surface area contributed by atoms with Crippen molar-refractivity contribution in [3.63, 3.8) is 0 Å². The lowest BCUT2D eigenvalue weighted by Crippen LogP contribution is -2.25. The van der Waals surface area contributed by atoms with E-state index in [-0.39, 0.29) is 23.6 Å². The minimum Gasteiger partial charge on any atom is -0.358 e. The number of imidazole rings is 1. The number of benzene rings is 1. The fraction of sp³-hybridized carbons (Fsp3) is 0.312. The molecule has 1 saturated heterocycles. The number of hydrogen-bond donors (Lipinski definition) is 0. The van der Waals surface area contributed by atoms with Crippen LogP contribution in [0.5, 0.6) is 0 Å². The number of halogens is 1. The van der Waals surface area contributed by atoms with Crippen LogP contribution >= 0.6 is 11.3 Å². The molecule has 0 saturated carbocycles. The van der Waals surface area contributed by atoms with Crippen LogP contribution in [0, 0.1) is 21.8 Å². The maximum atomic E-state index is 13.7. The van der Waals surface area contributed by atoms with Gasteiger partial charge in [0.25, 0.3) is 4.96 Å². The van der Waals surface area contributed by atoms with Gasteiger partial charge in [0, 0.05) is 11.9 Å². The predicted molar refractivity (Wildman–Crippen MR) is 90.0 cm³/mol. The van der Waals surface area contributed by atoms with Gasteiger partial charge in [0.2, 0.25) is 5.82 Å². The Bertz CT molecular complexity index is 922. The molecular formula is C16H15FN4O2S. The summed E-state index contributed by atoms with van der Waals surface area (Å²) in [6, 6.07) is 6.33. The number of nitrogens with zero attached hydrogens (tertiary/aromatic N) is 4. The predicted octanol–water partition coefficient (Wildman–Crippen LogP) is 4.03.